The molecule has 0 aliphatic heterocycles. The van der Waals surface area contributed by atoms with Crippen LogP contribution in [-0.2, 0) is 11.2 Å². The van der Waals surface area contributed by atoms with E-state index in [-0.39, 0.29) is 30.0 Å². The number of benzene rings is 2. The Morgan fingerprint density at radius 2 is 1.79 bits per heavy atom. The van der Waals surface area contributed by atoms with E-state index in [9.17, 15) is 9.59 Å². The molecular formula is C21H18BrClN2O3. The van der Waals surface area contributed by atoms with E-state index in [4.69, 9.17) is 16.0 Å². The molecule has 0 aliphatic rings. The molecule has 3 aromatic rings. The minimum Gasteiger partial charge on any atom is -0.444 e. The molecule has 0 saturated heterocycles. The van der Waals surface area contributed by atoms with Gasteiger partial charge in [-0.2, -0.15) is 0 Å². The number of furan rings is 1. The molecule has 0 radical (unpaired) electrons. The summed E-state index contributed by atoms with van der Waals surface area (Å²) in [7, 11) is 0. The molecule has 1 unspecified atom stereocenters. The zero-order valence-corrected chi connectivity index (χ0v) is 17.4. The van der Waals surface area contributed by atoms with Crippen LogP contribution in [0, 0.1) is 0 Å². The normalized spacial score (nSPS) is 11.7. The van der Waals surface area contributed by atoms with Crippen LogP contribution in [0.25, 0.3) is 0 Å². The van der Waals surface area contributed by atoms with Gasteiger partial charge in [-0.1, -0.05) is 41.9 Å². The van der Waals surface area contributed by atoms with Gasteiger partial charge in [-0.3, -0.25) is 9.59 Å². The van der Waals surface area contributed by atoms with Crippen LogP contribution in [0.4, 0.5) is 5.69 Å². The van der Waals surface area contributed by atoms with E-state index in [1.165, 1.54) is 0 Å². The van der Waals surface area contributed by atoms with Crippen molar-refractivity contribution in [2.75, 3.05) is 5.32 Å². The SMILES string of the molecule is CC(NC(=O)Cc1ccc(NC(=O)c2ccc(Br)o2)cc1)c1ccccc1Cl. The maximum absolute atomic E-state index is 12.3. The van der Waals surface area contributed by atoms with E-state index in [0.717, 1.165) is 11.1 Å². The van der Waals surface area contributed by atoms with Gasteiger partial charge in [0.15, 0.2) is 10.4 Å². The third-order valence-electron chi connectivity index (χ3n) is 4.12. The highest BCUT2D eigenvalue weighted by atomic mass is 79.9. The molecule has 1 aromatic heterocycles. The second-order valence-corrected chi connectivity index (χ2v) is 7.43. The van der Waals surface area contributed by atoms with Crippen molar-refractivity contribution < 1.29 is 14.0 Å². The van der Waals surface area contributed by atoms with Crippen molar-refractivity contribution in [2.24, 2.45) is 0 Å². The zero-order valence-electron chi connectivity index (χ0n) is 15.0. The lowest BCUT2D eigenvalue weighted by Crippen LogP contribution is -2.28. The Bertz CT molecular complexity index is 985. The highest BCUT2D eigenvalue weighted by Crippen LogP contribution is 2.22. The predicted molar refractivity (Wildman–Crippen MR) is 113 cm³/mol. The van der Waals surface area contributed by atoms with E-state index in [0.29, 0.717) is 15.4 Å². The smallest absolute Gasteiger partial charge is 0.291 e. The van der Waals surface area contributed by atoms with Crippen LogP contribution in [-0.4, -0.2) is 11.8 Å². The van der Waals surface area contributed by atoms with E-state index in [1.54, 1.807) is 42.5 Å². The number of hydrogen-bond donors (Lipinski definition) is 2. The number of anilines is 1. The number of rotatable bonds is 6. The fourth-order valence-electron chi connectivity index (χ4n) is 2.72. The van der Waals surface area contributed by atoms with Crippen molar-refractivity contribution >= 4 is 45.0 Å². The molecule has 7 heteroatoms. The first-order valence-corrected chi connectivity index (χ1v) is 9.79. The Hall–Kier alpha value is -2.57. The Labute approximate surface area is 176 Å². The van der Waals surface area contributed by atoms with E-state index >= 15 is 0 Å². The first-order chi connectivity index (χ1) is 13.4. The predicted octanol–water partition coefficient (Wildman–Crippen LogP) is 5.37. The van der Waals surface area contributed by atoms with Gasteiger partial charge < -0.3 is 15.1 Å². The molecule has 28 heavy (non-hydrogen) atoms. The second kappa shape index (κ2) is 9.08. The number of nitrogens with one attached hydrogen (secondary N) is 2. The third kappa shape index (κ3) is 5.24. The van der Waals surface area contributed by atoms with Gasteiger partial charge in [-0.15, -0.1) is 0 Å². The summed E-state index contributed by atoms with van der Waals surface area (Å²) in [5.41, 5.74) is 2.33. The summed E-state index contributed by atoms with van der Waals surface area (Å²) in [6.45, 7) is 1.89. The minimum atomic E-state index is -0.343. The number of hydrogen-bond acceptors (Lipinski definition) is 3. The summed E-state index contributed by atoms with van der Waals surface area (Å²) >= 11 is 9.33. The quantitative estimate of drug-likeness (QED) is 0.518. The van der Waals surface area contributed by atoms with Crippen LogP contribution in [0.2, 0.25) is 5.02 Å². The van der Waals surface area contributed by atoms with Gasteiger partial charge in [0.1, 0.15) is 0 Å². The molecule has 1 atom stereocenters. The standard InChI is InChI=1S/C21H18BrClN2O3/c1-13(16-4-2-3-5-17(16)23)24-20(26)12-14-6-8-15(9-7-14)25-21(27)18-10-11-19(22)28-18/h2-11,13H,12H2,1H3,(H,24,26)(H,25,27). The fourth-order valence-corrected chi connectivity index (χ4v) is 3.32. The average molecular weight is 462 g/mol. The van der Waals surface area contributed by atoms with E-state index in [1.807, 2.05) is 25.1 Å². The third-order valence-corrected chi connectivity index (χ3v) is 4.89. The summed E-state index contributed by atoms with van der Waals surface area (Å²) < 4.78 is 5.71. The van der Waals surface area contributed by atoms with Crippen LogP contribution in [0.1, 0.15) is 34.6 Å². The Balaban J connectivity index is 1.55. The number of carbonyl (C=O) groups excluding carboxylic acids is 2. The molecular weight excluding hydrogens is 444 g/mol. The van der Waals surface area contributed by atoms with Gasteiger partial charge in [-0.05, 0) is 64.3 Å². The monoisotopic (exact) mass is 460 g/mol. The van der Waals surface area contributed by atoms with Crippen LogP contribution in [0.15, 0.2) is 69.8 Å². The summed E-state index contributed by atoms with van der Waals surface area (Å²) in [6, 6.07) is 17.6. The molecule has 0 spiro atoms. The molecule has 0 fully saturated rings. The van der Waals surface area contributed by atoms with Crippen LogP contribution < -0.4 is 10.6 Å². The van der Waals surface area contributed by atoms with Gasteiger partial charge in [0.25, 0.3) is 5.91 Å². The van der Waals surface area contributed by atoms with E-state index < -0.39 is 0 Å². The summed E-state index contributed by atoms with van der Waals surface area (Å²) in [5, 5.41) is 6.31. The Morgan fingerprint density at radius 1 is 1.07 bits per heavy atom. The molecule has 3 rings (SSSR count). The summed E-state index contributed by atoms with van der Waals surface area (Å²) in [6.07, 6.45) is 0.230. The van der Waals surface area contributed by atoms with Gasteiger partial charge >= 0.3 is 0 Å². The van der Waals surface area contributed by atoms with E-state index in [2.05, 4.69) is 26.6 Å². The maximum atomic E-state index is 12.3. The van der Waals surface area contributed by atoms with Crippen molar-refractivity contribution in [1.82, 2.24) is 5.32 Å². The number of carbonyl (C=O) groups is 2. The second-order valence-electron chi connectivity index (χ2n) is 6.24. The molecule has 2 amide bonds. The number of halogens is 2. The average Bonchev–Trinajstić information content (AvgIpc) is 3.10. The van der Waals surface area contributed by atoms with Gasteiger partial charge in [0.05, 0.1) is 12.5 Å². The van der Waals surface area contributed by atoms with Crippen molar-refractivity contribution in [1.29, 1.82) is 0 Å². The number of amides is 2. The molecule has 0 bridgehead atoms. The highest BCUT2D eigenvalue weighted by molar-refractivity contribution is 9.10. The summed E-state index contributed by atoms with van der Waals surface area (Å²) in [4.78, 5) is 24.4. The maximum Gasteiger partial charge on any atom is 0.291 e. The molecule has 1 heterocycles. The molecule has 0 saturated carbocycles. The van der Waals surface area contributed by atoms with Crippen molar-refractivity contribution in [3.63, 3.8) is 0 Å². The highest BCUT2D eigenvalue weighted by Gasteiger charge is 2.13. The first-order valence-electron chi connectivity index (χ1n) is 8.62. The first kappa shape index (κ1) is 20.2. The molecule has 2 N–H and O–H groups in total. The van der Waals surface area contributed by atoms with Crippen molar-refractivity contribution in [3.05, 3.63) is 87.2 Å². The molecule has 2 aromatic carbocycles. The lowest BCUT2D eigenvalue weighted by Gasteiger charge is -2.15. The molecule has 5 nitrogen and oxygen atoms in total. The van der Waals surface area contributed by atoms with Crippen LogP contribution >= 0.6 is 27.5 Å². The topological polar surface area (TPSA) is 71.3 Å². The Morgan fingerprint density at radius 3 is 2.43 bits per heavy atom. The summed E-state index contributed by atoms with van der Waals surface area (Å²) in [5.74, 6) is -0.238. The van der Waals surface area contributed by atoms with Crippen LogP contribution in [0.3, 0.4) is 0 Å². The van der Waals surface area contributed by atoms with Gasteiger partial charge in [0.2, 0.25) is 5.91 Å². The Kier molecular flexibility index (Phi) is 6.54. The van der Waals surface area contributed by atoms with Gasteiger partial charge in [-0.25, -0.2) is 0 Å². The lowest BCUT2D eigenvalue weighted by atomic mass is 10.1. The molecule has 0 aliphatic carbocycles. The van der Waals surface area contributed by atoms with Crippen molar-refractivity contribution in [2.45, 2.75) is 19.4 Å². The van der Waals surface area contributed by atoms with Crippen molar-refractivity contribution in [3.8, 4) is 0 Å². The minimum absolute atomic E-state index is 0.107. The lowest BCUT2D eigenvalue weighted by molar-refractivity contribution is -0.121. The molecule has 144 valence electrons. The van der Waals surface area contributed by atoms with Crippen LogP contribution in [0.5, 0.6) is 0 Å². The largest absolute Gasteiger partial charge is 0.444 e. The zero-order chi connectivity index (χ0) is 20.1. The van der Waals surface area contributed by atoms with Gasteiger partial charge in [0, 0.05) is 10.7 Å². The fraction of sp³-hybridized carbons (Fsp3) is 0.143.